The molecule has 6 nitrogen and oxygen atoms in total. The molecule has 0 rings (SSSR count). The van der Waals surface area contributed by atoms with Crippen molar-refractivity contribution in [2.24, 2.45) is 20.0 Å². The van der Waals surface area contributed by atoms with Gasteiger partial charge in [0.05, 0.1) is 6.01 Å². The SMILES string of the molecule is O=C=NCN=C=NCN=C=O. The second kappa shape index (κ2) is 8.14. The molecule has 56 valence electrons. The molecule has 0 N–H and O–H groups in total. The van der Waals surface area contributed by atoms with Crippen molar-refractivity contribution in [3.63, 3.8) is 0 Å². The molecule has 0 amide bonds. The molecule has 0 aromatic rings. The fourth-order valence-electron chi connectivity index (χ4n) is 0.242. The summed E-state index contributed by atoms with van der Waals surface area (Å²) >= 11 is 0. The van der Waals surface area contributed by atoms with E-state index in [0.29, 0.717) is 0 Å². The van der Waals surface area contributed by atoms with E-state index < -0.39 is 0 Å². The molecule has 0 bridgehead atoms. The van der Waals surface area contributed by atoms with Gasteiger partial charge in [0.1, 0.15) is 0 Å². The van der Waals surface area contributed by atoms with E-state index in [1.807, 2.05) is 0 Å². The van der Waals surface area contributed by atoms with Crippen molar-refractivity contribution >= 4 is 18.2 Å². The van der Waals surface area contributed by atoms with Crippen LogP contribution in [-0.4, -0.2) is 31.5 Å². The summed E-state index contributed by atoms with van der Waals surface area (Å²) in [5, 5.41) is 0. The second-order valence-electron chi connectivity index (χ2n) is 1.20. The van der Waals surface area contributed by atoms with E-state index >= 15 is 0 Å². The van der Waals surface area contributed by atoms with Gasteiger partial charge in [-0.25, -0.2) is 19.6 Å². The smallest absolute Gasteiger partial charge is 0.211 e. The highest BCUT2D eigenvalue weighted by Crippen LogP contribution is 1.67. The summed E-state index contributed by atoms with van der Waals surface area (Å²) in [6.07, 6.45) is 2.57. The maximum atomic E-state index is 9.46. The highest BCUT2D eigenvalue weighted by Gasteiger charge is 1.67. The van der Waals surface area contributed by atoms with Crippen LogP contribution in [0.3, 0.4) is 0 Å². The van der Waals surface area contributed by atoms with Crippen LogP contribution in [0.5, 0.6) is 0 Å². The van der Waals surface area contributed by atoms with Crippen LogP contribution in [0, 0.1) is 0 Å². The highest BCUT2D eigenvalue weighted by atomic mass is 16.1. The predicted octanol–water partition coefficient (Wildman–Crippen LogP) is -0.253. The highest BCUT2D eigenvalue weighted by molar-refractivity contribution is 5.42. The lowest BCUT2D eigenvalue weighted by atomic mass is 11.1. The minimum absolute atomic E-state index is 0.0577. The Labute approximate surface area is 62.1 Å². The topological polar surface area (TPSA) is 83.6 Å². The predicted molar refractivity (Wildman–Crippen MR) is 35.8 cm³/mol. The van der Waals surface area contributed by atoms with Gasteiger partial charge in [0, 0.05) is 0 Å². The van der Waals surface area contributed by atoms with E-state index in [-0.39, 0.29) is 13.3 Å². The minimum Gasteiger partial charge on any atom is -0.211 e. The van der Waals surface area contributed by atoms with Gasteiger partial charge >= 0.3 is 0 Å². The van der Waals surface area contributed by atoms with Crippen molar-refractivity contribution in [2.75, 3.05) is 13.3 Å². The lowest BCUT2D eigenvalue weighted by Crippen LogP contribution is -1.72. The third-order valence-electron chi connectivity index (χ3n) is 0.553. The fourth-order valence-corrected chi connectivity index (χ4v) is 0.242. The molecule has 0 heterocycles. The Balaban J connectivity index is 3.62. The first-order valence-corrected chi connectivity index (χ1v) is 2.57. The number of isocyanates is 2. The Bertz CT molecular complexity index is 230. The molecule has 0 aromatic heterocycles. The van der Waals surface area contributed by atoms with Crippen molar-refractivity contribution in [2.45, 2.75) is 0 Å². The Morgan fingerprint density at radius 3 is 1.64 bits per heavy atom. The first-order chi connectivity index (χ1) is 5.41. The van der Waals surface area contributed by atoms with Gasteiger partial charge in [0.15, 0.2) is 13.3 Å². The number of nitrogens with zero attached hydrogens (tertiary/aromatic N) is 4. The third kappa shape index (κ3) is 8.14. The van der Waals surface area contributed by atoms with Crippen molar-refractivity contribution in [3.8, 4) is 0 Å². The summed E-state index contributed by atoms with van der Waals surface area (Å²) < 4.78 is 0. The van der Waals surface area contributed by atoms with Crippen LogP contribution in [0.15, 0.2) is 20.0 Å². The van der Waals surface area contributed by atoms with Crippen LogP contribution >= 0.6 is 0 Å². The van der Waals surface area contributed by atoms with Crippen LogP contribution in [-0.2, 0) is 9.59 Å². The molecule has 0 fully saturated rings. The molecule has 11 heavy (non-hydrogen) atoms. The van der Waals surface area contributed by atoms with Gasteiger partial charge in [-0.15, -0.1) is 0 Å². The van der Waals surface area contributed by atoms with Crippen molar-refractivity contribution < 1.29 is 9.59 Å². The summed E-state index contributed by atoms with van der Waals surface area (Å²) in [6.45, 7) is -0.115. The van der Waals surface area contributed by atoms with Crippen LogP contribution in [0.4, 0.5) is 0 Å². The zero-order chi connectivity index (χ0) is 8.36. The lowest BCUT2D eigenvalue weighted by molar-refractivity contribution is 0.562. The largest absolute Gasteiger partial charge is 0.236 e. The van der Waals surface area contributed by atoms with Crippen molar-refractivity contribution in [3.05, 3.63) is 0 Å². The molecule has 0 saturated heterocycles. The van der Waals surface area contributed by atoms with E-state index in [9.17, 15) is 9.59 Å². The molecule has 0 aliphatic heterocycles. The normalized spacial score (nSPS) is 6.55. The van der Waals surface area contributed by atoms with Crippen molar-refractivity contribution in [1.29, 1.82) is 0 Å². The summed E-state index contributed by atoms with van der Waals surface area (Å²) in [7, 11) is 0. The Morgan fingerprint density at radius 1 is 0.818 bits per heavy atom. The van der Waals surface area contributed by atoms with E-state index in [1.54, 1.807) is 0 Å². The summed E-state index contributed by atoms with van der Waals surface area (Å²) in [5.74, 6) is 0. The van der Waals surface area contributed by atoms with Gasteiger partial charge in [0.2, 0.25) is 12.2 Å². The number of hydrogen-bond donors (Lipinski definition) is 0. The molecule has 0 spiro atoms. The molecule has 0 aromatic carbocycles. The monoisotopic (exact) mass is 152 g/mol. The average Bonchev–Trinajstić information content (AvgIpc) is 2.03. The molecular formula is C5H4N4O2. The van der Waals surface area contributed by atoms with E-state index in [0.717, 1.165) is 0 Å². The first kappa shape index (κ1) is 9.14. The molecule has 6 heteroatoms. The van der Waals surface area contributed by atoms with E-state index in [4.69, 9.17) is 0 Å². The Hall–Kier alpha value is -1.86. The van der Waals surface area contributed by atoms with E-state index in [1.165, 1.54) is 12.2 Å². The number of aliphatic imine (C=N–C) groups is 4. The molecule has 0 aliphatic carbocycles. The van der Waals surface area contributed by atoms with Gasteiger partial charge in [-0.3, -0.25) is 0 Å². The maximum absolute atomic E-state index is 9.46. The number of carbonyl (C=O) groups excluding carboxylic acids is 2. The van der Waals surface area contributed by atoms with Gasteiger partial charge in [-0.05, 0) is 0 Å². The second-order valence-corrected chi connectivity index (χ2v) is 1.20. The van der Waals surface area contributed by atoms with Crippen LogP contribution in [0.1, 0.15) is 0 Å². The molecule has 0 atom stereocenters. The van der Waals surface area contributed by atoms with Gasteiger partial charge < -0.3 is 0 Å². The van der Waals surface area contributed by atoms with Crippen LogP contribution in [0.25, 0.3) is 0 Å². The lowest BCUT2D eigenvalue weighted by Gasteiger charge is -1.71. The molecule has 0 saturated carbocycles. The number of hydrogen-bond acceptors (Lipinski definition) is 6. The molecular weight excluding hydrogens is 148 g/mol. The Morgan fingerprint density at radius 2 is 1.27 bits per heavy atom. The number of rotatable bonds is 4. The summed E-state index contributed by atoms with van der Waals surface area (Å²) in [4.78, 5) is 31.9. The zero-order valence-electron chi connectivity index (χ0n) is 5.52. The van der Waals surface area contributed by atoms with Gasteiger partial charge in [-0.1, -0.05) is 0 Å². The van der Waals surface area contributed by atoms with Crippen LogP contribution in [0.2, 0.25) is 0 Å². The fraction of sp³-hybridized carbons (Fsp3) is 0.400. The molecule has 0 unspecified atom stereocenters. The zero-order valence-corrected chi connectivity index (χ0v) is 5.52. The molecule has 0 radical (unpaired) electrons. The Kier molecular flexibility index (Phi) is 6.76. The third-order valence-corrected chi connectivity index (χ3v) is 0.553. The standard InChI is InChI=1S/C5H4N4O2/c10-4-8-2-6-1-7-3-9-5-11/h2-3H2. The maximum Gasteiger partial charge on any atom is 0.236 e. The first-order valence-electron chi connectivity index (χ1n) is 2.57. The molecule has 0 aliphatic rings. The summed E-state index contributed by atoms with van der Waals surface area (Å²) in [5.41, 5.74) is 0. The van der Waals surface area contributed by atoms with E-state index in [2.05, 4.69) is 26.0 Å². The average molecular weight is 152 g/mol. The summed E-state index contributed by atoms with van der Waals surface area (Å²) in [6, 6.07) is 2.16. The minimum atomic E-state index is -0.0577. The van der Waals surface area contributed by atoms with Crippen LogP contribution < -0.4 is 0 Å². The van der Waals surface area contributed by atoms with Gasteiger partial charge in [-0.2, -0.15) is 9.98 Å². The van der Waals surface area contributed by atoms with Gasteiger partial charge in [0.25, 0.3) is 0 Å². The van der Waals surface area contributed by atoms with Crippen molar-refractivity contribution in [1.82, 2.24) is 0 Å². The quantitative estimate of drug-likeness (QED) is 0.411.